The molecule has 0 aromatic heterocycles. The normalized spacial score (nSPS) is 17.6. The molecule has 1 N–H and O–H groups in total. The van der Waals surface area contributed by atoms with Crippen molar-refractivity contribution in [2.75, 3.05) is 26.2 Å². The van der Waals surface area contributed by atoms with Gasteiger partial charge in [-0.15, -0.1) is 0 Å². The fraction of sp³-hybridized carbons (Fsp3) is 0.615. The second kappa shape index (κ2) is 6.36. The summed E-state index contributed by atoms with van der Waals surface area (Å²) in [5.41, 5.74) is 0.321. The standard InChI is InChI=1S/C13H20N2O4/c1-9(10(2)13(18)19)12(17)15-6-4-5-14(7-8-15)11(3)16/h4-8H2,1-3H3,(H,18,19). The smallest absolute Gasteiger partial charge is 0.331 e. The summed E-state index contributed by atoms with van der Waals surface area (Å²) in [7, 11) is 0. The van der Waals surface area contributed by atoms with Crippen molar-refractivity contribution in [1.29, 1.82) is 0 Å². The van der Waals surface area contributed by atoms with Gasteiger partial charge in [-0.2, -0.15) is 0 Å². The zero-order chi connectivity index (χ0) is 14.6. The van der Waals surface area contributed by atoms with Gasteiger partial charge in [0.1, 0.15) is 0 Å². The first-order chi connectivity index (χ1) is 8.84. The number of aliphatic carboxylic acids is 1. The minimum absolute atomic E-state index is 0.00304. The van der Waals surface area contributed by atoms with Crippen LogP contribution < -0.4 is 0 Å². The van der Waals surface area contributed by atoms with E-state index >= 15 is 0 Å². The van der Waals surface area contributed by atoms with E-state index in [0.29, 0.717) is 32.6 Å². The van der Waals surface area contributed by atoms with E-state index in [4.69, 9.17) is 5.11 Å². The van der Waals surface area contributed by atoms with Crippen LogP contribution in [0.2, 0.25) is 0 Å². The molecule has 0 spiro atoms. The average Bonchev–Trinajstić information content (AvgIpc) is 2.61. The van der Waals surface area contributed by atoms with Crippen LogP contribution in [-0.2, 0) is 14.4 Å². The van der Waals surface area contributed by atoms with Crippen LogP contribution in [0.3, 0.4) is 0 Å². The number of carbonyl (C=O) groups excluding carboxylic acids is 2. The first-order valence-electron chi connectivity index (χ1n) is 6.30. The second-order valence-electron chi connectivity index (χ2n) is 4.71. The van der Waals surface area contributed by atoms with Crippen molar-refractivity contribution in [3.8, 4) is 0 Å². The van der Waals surface area contributed by atoms with Gasteiger partial charge in [-0.25, -0.2) is 4.79 Å². The Morgan fingerprint density at radius 2 is 1.37 bits per heavy atom. The van der Waals surface area contributed by atoms with Crippen LogP contribution in [0.25, 0.3) is 0 Å². The van der Waals surface area contributed by atoms with Crippen molar-refractivity contribution in [2.45, 2.75) is 27.2 Å². The molecule has 0 aromatic carbocycles. The zero-order valence-electron chi connectivity index (χ0n) is 11.6. The molecule has 0 saturated carbocycles. The van der Waals surface area contributed by atoms with Gasteiger partial charge >= 0.3 is 5.97 Å². The zero-order valence-corrected chi connectivity index (χ0v) is 11.6. The molecule has 0 aliphatic carbocycles. The van der Waals surface area contributed by atoms with Gasteiger partial charge in [0.2, 0.25) is 11.8 Å². The number of hydrogen-bond acceptors (Lipinski definition) is 3. The van der Waals surface area contributed by atoms with E-state index in [1.807, 2.05) is 0 Å². The summed E-state index contributed by atoms with van der Waals surface area (Å²) in [6.07, 6.45) is 0.713. The molecular formula is C13H20N2O4. The molecule has 6 heteroatoms. The summed E-state index contributed by atoms with van der Waals surface area (Å²) >= 11 is 0. The Hall–Kier alpha value is -1.85. The van der Waals surface area contributed by atoms with Crippen molar-refractivity contribution in [3.63, 3.8) is 0 Å². The summed E-state index contributed by atoms with van der Waals surface area (Å²) in [6.45, 7) is 6.60. The predicted molar refractivity (Wildman–Crippen MR) is 69.5 cm³/mol. The van der Waals surface area contributed by atoms with Gasteiger partial charge in [-0.3, -0.25) is 9.59 Å². The molecule has 0 bridgehead atoms. The van der Waals surface area contributed by atoms with Gasteiger partial charge in [-0.1, -0.05) is 0 Å². The summed E-state index contributed by atoms with van der Waals surface area (Å²) < 4.78 is 0. The maximum Gasteiger partial charge on any atom is 0.331 e. The molecule has 2 amide bonds. The van der Waals surface area contributed by atoms with Crippen LogP contribution >= 0.6 is 0 Å². The minimum atomic E-state index is -1.08. The van der Waals surface area contributed by atoms with E-state index in [9.17, 15) is 14.4 Å². The first kappa shape index (κ1) is 15.2. The number of amides is 2. The van der Waals surface area contributed by atoms with E-state index in [2.05, 4.69) is 0 Å². The quantitative estimate of drug-likeness (QED) is 0.739. The highest BCUT2D eigenvalue weighted by molar-refractivity contribution is 6.01. The summed E-state index contributed by atoms with van der Waals surface area (Å²) in [5.74, 6) is -1.33. The Balaban J connectivity index is 2.76. The van der Waals surface area contributed by atoms with E-state index in [1.54, 1.807) is 9.80 Å². The largest absolute Gasteiger partial charge is 0.478 e. The highest BCUT2D eigenvalue weighted by atomic mass is 16.4. The van der Waals surface area contributed by atoms with Crippen LogP contribution in [0.1, 0.15) is 27.2 Å². The fourth-order valence-electron chi connectivity index (χ4n) is 1.99. The van der Waals surface area contributed by atoms with Crippen molar-refractivity contribution in [2.24, 2.45) is 0 Å². The number of carboxylic acids is 1. The SMILES string of the molecule is CC(=O)N1CCCN(C(=O)C(C)=C(C)C(=O)O)CC1. The summed E-state index contributed by atoms with van der Waals surface area (Å²) in [5, 5.41) is 8.89. The molecule has 19 heavy (non-hydrogen) atoms. The highest BCUT2D eigenvalue weighted by Gasteiger charge is 2.23. The lowest BCUT2D eigenvalue weighted by Crippen LogP contribution is -2.37. The molecular weight excluding hydrogens is 248 g/mol. The lowest BCUT2D eigenvalue weighted by atomic mass is 10.1. The minimum Gasteiger partial charge on any atom is -0.478 e. The Labute approximate surface area is 112 Å². The first-order valence-corrected chi connectivity index (χ1v) is 6.30. The van der Waals surface area contributed by atoms with Gasteiger partial charge in [0, 0.05) is 44.2 Å². The van der Waals surface area contributed by atoms with Crippen LogP contribution in [0.5, 0.6) is 0 Å². The predicted octanol–water partition coefficient (Wildman–Crippen LogP) is 0.488. The molecule has 1 aliphatic rings. The third-order valence-electron chi connectivity index (χ3n) is 3.43. The molecule has 1 rings (SSSR count). The summed E-state index contributed by atoms with van der Waals surface area (Å²) in [6, 6.07) is 0. The van der Waals surface area contributed by atoms with Crippen LogP contribution in [-0.4, -0.2) is 58.9 Å². The van der Waals surface area contributed by atoms with Crippen LogP contribution in [0.15, 0.2) is 11.1 Å². The highest BCUT2D eigenvalue weighted by Crippen LogP contribution is 2.11. The Bertz CT molecular complexity index is 428. The van der Waals surface area contributed by atoms with Gasteiger partial charge < -0.3 is 14.9 Å². The monoisotopic (exact) mass is 268 g/mol. The molecule has 1 heterocycles. The molecule has 1 aliphatic heterocycles. The summed E-state index contributed by atoms with van der Waals surface area (Å²) in [4.78, 5) is 37.6. The van der Waals surface area contributed by atoms with E-state index in [1.165, 1.54) is 20.8 Å². The maximum atomic E-state index is 12.2. The second-order valence-corrected chi connectivity index (χ2v) is 4.71. The van der Waals surface area contributed by atoms with Crippen molar-refractivity contribution in [1.82, 2.24) is 9.80 Å². The Morgan fingerprint density at radius 3 is 1.89 bits per heavy atom. The number of carboxylic acid groups (broad SMARTS) is 1. The van der Waals surface area contributed by atoms with E-state index < -0.39 is 5.97 Å². The van der Waals surface area contributed by atoms with E-state index in [0.717, 1.165) is 0 Å². The maximum absolute atomic E-state index is 12.2. The Kier molecular flexibility index (Phi) is 5.09. The average molecular weight is 268 g/mol. The Morgan fingerprint density at radius 1 is 0.842 bits per heavy atom. The van der Waals surface area contributed by atoms with E-state index in [-0.39, 0.29) is 23.0 Å². The van der Waals surface area contributed by atoms with Crippen molar-refractivity contribution >= 4 is 17.8 Å². The number of carbonyl (C=O) groups is 3. The molecule has 6 nitrogen and oxygen atoms in total. The molecule has 1 fully saturated rings. The lowest BCUT2D eigenvalue weighted by Gasteiger charge is -2.22. The molecule has 0 unspecified atom stereocenters. The number of rotatable bonds is 2. The fourth-order valence-corrected chi connectivity index (χ4v) is 1.99. The molecule has 1 saturated heterocycles. The van der Waals surface area contributed by atoms with Crippen molar-refractivity contribution in [3.05, 3.63) is 11.1 Å². The molecule has 0 atom stereocenters. The molecule has 0 radical (unpaired) electrons. The van der Waals surface area contributed by atoms with Crippen molar-refractivity contribution < 1.29 is 19.5 Å². The third-order valence-corrected chi connectivity index (χ3v) is 3.43. The number of nitrogens with zero attached hydrogens (tertiary/aromatic N) is 2. The van der Waals surface area contributed by atoms with Gasteiger partial charge in [0.05, 0.1) is 0 Å². The van der Waals surface area contributed by atoms with Crippen LogP contribution in [0, 0.1) is 0 Å². The van der Waals surface area contributed by atoms with Gasteiger partial charge in [-0.05, 0) is 20.3 Å². The molecule has 0 aromatic rings. The van der Waals surface area contributed by atoms with Gasteiger partial charge in [0.15, 0.2) is 0 Å². The lowest BCUT2D eigenvalue weighted by molar-refractivity contribution is -0.133. The molecule has 106 valence electrons. The third kappa shape index (κ3) is 3.81. The van der Waals surface area contributed by atoms with Crippen LogP contribution in [0.4, 0.5) is 0 Å². The topological polar surface area (TPSA) is 77.9 Å². The van der Waals surface area contributed by atoms with Gasteiger partial charge in [0.25, 0.3) is 0 Å². The number of hydrogen-bond donors (Lipinski definition) is 1.